The van der Waals surface area contributed by atoms with Crippen LogP contribution in [0, 0.1) is 0 Å². The minimum absolute atomic E-state index is 0. The van der Waals surface area contributed by atoms with E-state index in [4.69, 9.17) is 4.74 Å². The summed E-state index contributed by atoms with van der Waals surface area (Å²) in [5, 5.41) is 18.1. The van der Waals surface area contributed by atoms with Crippen LogP contribution in [-0.2, 0) is 17.8 Å². The number of hydrogen-bond acceptors (Lipinski definition) is 6. The summed E-state index contributed by atoms with van der Waals surface area (Å²) >= 11 is 0. The van der Waals surface area contributed by atoms with Crippen molar-refractivity contribution in [3.63, 3.8) is 0 Å². The van der Waals surface area contributed by atoms with Crippen molar-refractivity contribution in [2.24, 2.45) is 0 Å². The third-order valence-electron chi connectivity index (χ3n) is 2.59. The summed E-state index contributed by atoms with van der Waals surface area (Å²) < 4.78 is 6.69. The van der Waals surface area contributed by atoms with E-state index in [1.165, 1.54) is 9.47 Å². The maximum Gasteiger partial charge on any atom is 1.00 e. The average Bonchev–Trinajstić information content (AvgIpc) is 2.68. The molecule has 104 valence electrons. The van der Waals surface area contributed by atoms with Crippen molar-refractivity contribution < 1.29 is 49.0 Å². The number of carboxylic acid groups (broad SMARTS) is 1. The molecule has 1 aromatic heterocycles. The van der Waals surface area contributed by atoms with E-state index in [0.717, 1.165) is 0 Å². The molecule has 0 fully saturated rings. The second-order valence-electron chi connectivity index (χ2n) is 5.28. The number of fused-ring (bicyclic) bond motifs is 1. The van der Waals surface area contributed by atoms with Gasteiger partial charge in [-0.3, -0.25) is 4.90 Å². The van der Waals surface area contributed by atoms with Gasteiger partial charge in [0.05, 0.1) is 6.54 Å². The maximum atomic E-state index is 11.9. The first-order valence-electron chi connectivity index (χ1n) is 5.89. The van der Waals surface area contributed by atoms with Crippen LogP contribution in [-0.4, -0.2) is 43.9 Å². The molecule has 8 nitrogen and oxygen atoms in total. The molecule has 20 heavy (non-hydrogen) atoms. The minimum atomic E-state index is -1.37. The third kappa shape index (κ3) is 3.71. The molecule has 0 aromatic carbocycles. The number of carbonyl (C=O) groups excluding carboxylic acids is 2. The topological polar surface area (TPSA) is 100 Å². The van der Waals surface area contributed by atoms with Crippen molar-refractivity contribution in [2.45, 2.75) is 39.5 Å². The number of amides is 1. The van der Waals surface area contributed by atoms with Crippen LogP contribution in [0.4, 0.5) is 4.79 Å². The number of carbonyl (C=O) groups is 2. The predicted octanol–water partition coefficient (Wildman–Crippen LogP) is -3.60. The van der Waals surface area contributed by atoms with Gasteiger partial charge in [-0.15, -0.1) is 10.2 Å². The second kappa shape index (κ2) is 6.11. The third-order valence-corrected chi connectivity index (χ3v) is 2.59. The maximum absolute atomic E-state index is 11.9. The summed E-state index contributed by atoms with van der Waals surface area (Å²) in [5.74, 6) is -1.17. The molecule has 2 heterocycles. The van der Waals surface area contributed by atoms with E-state index in [0.29, 0.717) is 18.9 Å². The minimum Gasteiger partial charge on any atom is -0.541 e. The smallest absolute Gasteiger partial charge is 0.541 e. The first kappa shape index (κ1) is 16.9. The Labute approximate surface area is 138 Å². The molecule has 2 rings (SSSR count). The molecule has 0 N–H and O–H groups in total. The van der Waals surface area contributed by atoms with Crippen LogP contribution in [0.1, 0.15) is 37.2 Å². The molecule has 0 spiro atoms. The normalized spacial score (nSPS) is 14.2. The zero-order valence-corrected chi connectivity index (χ0v) is 14.0. The first-order valence-corrected chi connectivity index (χ1v) is 5.89. The molecular formula is C11H15N4NaO4. The largest absolute Gasteiger partial charge is 1.00 e. The number of aromatic nitrogens is 3. The summed E-state index contributed by atoms with van der Waals surface area (Å²) in [7, 11) is 0. The van der Waals surface area contributed by atoms with Crippen molar-refractivity contribution in [3.8, 4) is 0 Å². The molecule has 1 aliphatic rings. The van der Waals surface area contributed by atoms with Gasteiger partial charge in [0, 0.05) is 13.1 Å². The summed E-state index contributed by atoms with van der Waals surface area (Å²) in [6.07, 6.45) is -0.447. The van der Waals surface area contributed by atoms with E-state index in [-0.39, 0.29) is 41.9 Å². The Kier molecular flexibility index (Phi) is 5.17. The first-order chi connectivity index (χ1) is 8.78. The van der Waals surface area contributed by atoms with Crippen molar-refractivity contribution in [2.75, 3.05) is 6.54 Å². The van der Waals surface area contributed by atoms with E-state index in [2.05, 4.69) is 10.2 Å². The number of carboxylic acids is 1. The van der Waals surface area contributed by atoms with Gasteiger partial charge < -0.3 is 19.2 Å². The van der Waals surface area contributed by atoms with Gasteiger partial charge in [-0.2, -0.15) is 0 Å². The summed E-state index contributed by atoms with van der Waals surface area (Å²) in [5.41, 5.74) is -0.571. The number of ether oxygens (including phenoxy) is 1. The van der Waals surface area contributed by atoms with Gasteiger partial charge in [0.1, 0.15) is 11.6 Å². The Hall–Kier alpha value is -1.12. The Balaban J connectivity index is 0.00000200. The summed E-state index contributed by atoms with van der Waals surface area (Å²) in [4.78, 5) is 24.1. The molecular weight excluding hydrogens is 275 g/mol. The predicted molar refractivity (Wildman–Crippen MR) is 61.0 cm³/mol. The van der Waals surface area contributed by atoms with Crippen LogP contribution < -0.4 is 34.7 Å². The van der Waals surface area contributed by atoms with Crippen LogP contribution in [0.2, 0.25) is 0 Å². The second-order valence-corrected chi connectivity index (χ2v) is 5.28. The van der Waals surface area contributed by atoms with Gasteiger partial charge in [-0.05, 0) is 20.8 Å². The Morgan fingerprint density at radius 3 is 2.45 bits per heavy atom. The molecule has 0 unspecified atom stereocenters. The molecule has 9 heteroatoms. The molecule has 0 bridgehead atoms. The van der Waals surface area contributed by atoms with E-state index < -0.39 is 17.7 Å². The number of aromatic carboxylic acids is 1. The molecule has 1 amide bonds. The molecule has 1 aromatic rings. The monoisotopic (exact) mass is 290 g/mol. The van der Waals surface area contributed by atoms with Crippen molar-refractivity contribution in [1.82, 2.24) is 19.7 Å². The van der Waals surface area contributed by atoms with E-state index in [9.17, 15) is 14.7 Å². The fourth-order valence-corrected chi connectivity index (χ4v) is 1.79. The van der Waals surface area contributed by atoms with E-state index in [1.807, 2.05) is 0 Å². The average molecular weight is 290 g/mol. The van der Waals surface area contributed by atoms with Crippen molar-refractivity contribution in [3.05, 3.63) is 11.6 Å². The molecule has 0 saturated heterocycles. The van der Waals surface area contributed by atoms with Crippen LogP contribution in [0.25, 0.3) is 0 Å². The van der Waals surface area contributed by atoms with Gasteiger partial charge in [0.15, 0.2) is 11.6 Å². The quantitative estimate of drug-likeness (QED) is 0.495. The van der Waals surface area contributed by atoms with Crippen LogP contribution in [0.15, 0.2) is 0 Å². The Bertz CT molecular complexity index is 523. The number of nitrogens with zero attached hydrogens (tertiary/aromatic N) is 4. The number of hydrogen-bond donors (Lipinski definition) is 0. The van der Waals surface area contributed by atoms with Crippen molar-refractivity contribution >= 4 is 12.1 Å². The fourth-order valence-electron chi connectivity index (χ4n) is 1.79. The van der Waals surface area contributed by atoms with Gasteiger partial charge in [-0.25, -0.2) is 4.79 Å². The molecule has 0 saturated carbocycles. The Morgan fingerprint density at radius 1 is 1.25 bits per heavy atom. The van der Waals surface area contributed by atoms with Crippen molar-refractivity contribution in [1.29, 1.82) is 0 Å². The fraction of sp³-hybridized carbons (Fsp3) is 0.636. The van der Waals surface area contributed by atoms with Crippen LogP contribution in [0.5, 0.6) is 0 Å². The molecule has 1 aliphatic heterocycles. The number of rotatable bonds is 1. The van der Waals surface area contributed by atoms with Gasteiger partial charge >= 0.3 is 35.7 Å². The zero-order chi connectivity index (χ0) is 14.2. The Morgan fingerprint density at radius 2 is 1.90 bits per heavy atom. The zero-order valence-electron chi connectivity index (χ0n) is 12.0. The van der Waals surface area contributed by atoms with Gasteiger partial charge in [0.25, 0.3) is 0 Å². The summed E-state index contributed by atoms with van der Waals surface area (Å²) in [6.45, 7) is 6.18. The SMILES string of the molecule is CC(C)(C)OC(=O)N1CCn2c(nnc2C(=O)[O-])C1.[Na+]. The van der Waals surface area contributed by atoms with Crippen LogP contribution >= 0.6 is 0 Å². The standard InChI is InChI=1S/C11H16N4O4.Na/c1-11(2,3)19-10(18)14-4-5-15-7(6-14)12-13-8(15)9(16)17;/h4-6H2,1-3H3,(H,16,17);/q;+1/p-1. The van der Waals surface area contributed by atoms with Gasteiger partial charge in [-0.1, -0.05) is 0 Å². The van der Waals surface area contributed by atoms with E-state index >= 15 is 0 Å². The van der Waals surface area contributed by atoms with Crippen LogP contribution in [0.3, 0.4) is 0 Å². The van der Waals surface area contributed by atoms with E-state index in [1.54, 1.807) is 20.8 Å². The summed E-state index contributed by atoms with van der Waals surface area (Å²) in [6, 6.07) is 0. The molecule has 0 aliphatic carbocycles. The molecule has 0 radical (unpaired) electrons. The van der Waals surface area contributed by atoms with Gasteiger partial charge in [0.2, 0.25) is 0 Å². The molecule has 0 atom stereocenters.